The van der Waals surface area contributed by atoms with Crippen LogP contribution in [0.5, 0.6) is 0 Å². The predicted molar refractivity (Wildman–Crippen MR) is 108 cm³/mol. The summed E-state index contributed by atoms with van der Waals surface area (Å²) in [5, 5.41) is 3.70. The van der Waals surface area contributed by atoms with Gasteiger partial charge in [0.2, 0.25) is 0 Å². The third kappa shape index (κ3) is 3.79. The number of benzene rings is 1. The first-order chi connectivity index (χ1) is 12.2. The van der Waals surface area contributed by atoms with Crippen LogP contribution < -0.4 is 5.32 Å². The lowest BCUT2D eigenvalue weighted by Crippen LogP contribution is -2.36. The van der Waals surface area contributed by atoms with E-state index in [0.717, 1.165) is 29.8 Å². The Labute approximate surface area is 155 Å². The molecule has 3 aromatic rings. The van der Waals surface area contributed by atoms with Crippen LogP contribution in [0.4, 0.5) is 5.82 Å². The van der Waals surface area contributed by atoms with Crippen LogP contribution in [0.3, 0.4) is 0 Å². The topological polar surface area (TPSA) is 46.4 Å². The molecule has 0 bridgehead atoms. The van der Waals surface area contributed by atoms with E-state index in [2.05, 4.69) is 39.9 Å². The van der Waals surface area contributed by atoms with Crippen LogP contribution in [0.1, 0.15) is 51.4 Å². The van der Waals surface area contributed by atoms with Crippen LogP contribution in [0.15, 0.2) is 48.7 Å². The molecule has 1 aromatic carbocycles. The molecule has 2 aromatic heterocycles. The van der Waals surface area contributed by atoms with Crippen molar-refractivity contribution >= 4 is 17.8 Å². The molecule has 0 aliphatic carbocycles. The summed E-state index contributed by atoms with van der Waals surface area (Å²) in [6, 6.07) is 13.8. The van der Waals surface area contributed by atoms with Crippen molar-refractivity contribution in [3.8, 4) is 11.3 Å². The normalized spacial score (nSPS) is 12.3. The maximum Gasteiger partial charge on any atom is 0.153 e. The van der Waals surface area contributed by atoms with Crippen LogP contribution in [0.2, 0.25) is 0 Å². The molecule has 0 saturated carbocycles. The minimum Gasteiger partial charge on any atom is -0.364 e. The van der Waals surface area contributed by atoms with Gasteiger partial charge in [-0.15, -0.1) is 0 Å². The molecule has 0 aliphatic heterocycles. The molecule has 26 heavy (non-hydrogen) atoms. The van der Waals surface area contributed by atoms with Gasteiger partial charge < -0.3 is 5.32 Å². The van der Waals surface area contributed by atoms with Gasteiger partial charge in [0.25, 0.3) is 0 Å². The van der Waals surface area contributed by atoms with Gasteiger partial charge in [-0.25, -0.2) is 4.98 Å². The number of hydrogen-bond donors (Lipinski definition) is 1. The first-order valence-electron chi connectivity index (χ1n) is 9.00. The van der Waals surface area contributed by atoms with Gasteiger partial charge in [-0.2, -0.15) is 0 Å². The van der Waals surface area contributed by atoms with Crippen LogP contribution in [-0.4, -0.2) is 21.2 Å². The lowest BCUT2D eigenvalue weighted by Gasteiger charge is -2.34. The molecule has 0 amide bonds. The fraction of sp³-hybridized carbons (Fsp3) is 0.364. The highest BCUT2D eigenvalue weighted by Crippen LogP contribution is 2.35. The highest BCUT2D eigenvalue weighted by molar-refractivity contribution is 5.88. The molecule has 0 fully saturated rings. The van der Waals surface area contributed by atoms with Gasteiger partial charge in [0.15, 0.2) is 6.29 Å². The van der Waals surface area contributed by atoms with Crippen molar-refractivity contribution in [3.63, 3.8) is 0 Å². The standard InChI is InChI=1S/C22H27N3O/c1-21(2,3)15-22(4,5)24-20-18(16-10-7-6-8-11-16)23-19-17(14-26)12-9-13-25(19)20/h6-14,24H,15H2,1-5H3. The number of hydrogen-bond acceptors (Lipinski definition) is 3. The van der Waals surface area contributed by atoms with E-state index in [4.69, 9.17) is 4.98 Å². The third-order valence-corrected chi connectivity index (χ3v) is 4.28. The molecule has 4 heteroatoms. The fourth-order valence-electron chi connectivity index (χ4n) is 3.79. The molecule has 0 saturated heterocycles. The van der Waals surface area contributed by atoms with Gasteiger partial charge in [-0.3, -0.25) is 9.20 Å². The summed E-state index contributed by atoms with van der Waals surface area (Å²) in [7, 11) is 0. The Hall–Kier alpha value is -2.62. The van der Waals surface area contributed by atoms with Crippen molar-refractivity contribution in [3.05, 3.63) is 54.2 Å². The second-order valence-electron chi connectivity index (χ2n) is 8.70. The Kier molecular flexibility index (Phi) is 4.61. The molecular weight excluding hydrogens is 322 g/mol. The van der Waals surface area contributed by atoms with Crippen molar-refractivity contribution in [1.82, 2.24) is 9.38 Å². The molecule has 3 rings (SSSR count). The first kappa shape index (κ1) is 18.2. The molecule has 0 radical (unpaired) electrons. The average Bonchev–Trinajstić information content (AvgIpc) is 2.91. The number of rotatable bonds is 5. The summed E-state index contributed by atoms with van der Waals surface area (Å²) in [5.74, 6) is 0.921. The minimum atomic E-state index is -0.130. The highest BCUT2D eigenvalue weighted by atomic mass is 16.1. The van der Waals surface area contributed by atoms with Gasteiger partial charge >= 0.3 is 0 Å². The first-order valence-corrected chi connectivity index (χ1v) is 9.00. The SMILES string of the molecule is CC(C)(C)CC(C)(C)Nc1c(-c2ccccc2)nc2c(C=O)cccn12. The monoisotopic (exact) mass is 349 g/mol. The van der Waals surface area contributed by atoms with Crippen molar-refractivity contribution in [2.45, 2.75) is 46.6 Å². The van der Waals surface area contributed by atoms with Crippen molar-refractivity contribution in [1.29, 1.82) is 0 Å². The number of fused-ring (bicyclic) bond motifs is 1. The Balaban J connectivity index is 2.17. The van der Waals surface area contributed by atoms with Crippen LogP contribution in [-0.2, 0) is 0 Å². The number of carbonyl (C=O) groups is 1. The zero-order valence-electron chi connectivity index (χ0n) is 16.2. The zero-order chi connectivity index (χ0) is 18.9. The van der Waals surface area contributed by atoms with Crippen LogP contribution >= 0.6 is 0 Å². The minimum absolute atomic E-state index is 0.130. The average molecular weight is 349 g/mol. The van der Waals surface area contributed by atoms with E-state index in [9.17, 15) is 4.79 Å². The summed E-state index contributed by atoms with van der Waals surface area (Å²) in [4.78, 5) is 16.3. The molecular formula is C22H27N3O. The van der Waals surface area contributed by atoms with E-state index < -0.39 is 0 Å². The van der Waals surface area contributed by atoms with Gasteiger partial charge in [-0.05, 0) is 37.8 Å². The molecule has 1 N–H and O–H groups in total. The molecule has 0 atom stereocenters. The Bertz CT molecular complexity index is 918. The Morgan fingerprint density at radius 3 is 2.35 bits per heavy atom. The van der Waals surface area contributed by atoms with Crippen molar-refractivity contribution in [2.75, 3.05) is 5.32 Å². The van der Waals surface area contributed by atoms with E-state index in [1.165, 1.54) is 0 Å². The summed E-state index contributed by atoms with van der Waals surface area (Å²) in [5.41, 5.74) is 3.22. The maximum atomic E-state index is 11.5. The number of anilines is 1. The number of aromatic nitrogens is 2. The van der Waals surface area contributed by atoms with Gasteiger partial charge in [0.1, 0.15) is 17.2 Å². The number of carbonyl (C=O) groups excluding carboxylic acids is 1. The molecule has 0 unspecified atom stereocenters. The lowest BCUT2D eigenvalue weighted by atomic mass is 9.82. The summed E-state index contributed by atoms with van der Waals surface area (Å²) in [6.45, 7) is 11.1. The maximum absolute atomic E-state index is 11.5. The van der Waals surface area contributed by atoms with Crippen LogP contribution in [0.25, 0.3) is 16.9 Å². The number of nitrogens with zero attached hydrogens (tertiary/aromatic N) is 2. The fourth-order valence-corrected chi connectivity index (χ4v) is 3.79. The lowest BCUT2D eigenvalue weighted by molar-refractivity contribution is 0.112. The molecule has 4 nitrogen and oxygen atoms in total. The largest absolute Gasteiger partial charge is 0.364 e. The van der Waals surface area contributed by atoms with Gasteiger partial charge in [-0.1, -0.05) is 51.1 Å². The van der Waals surface area contributed by atoms with E-state index in [-0.39, 0.29) is 11.0 Å². The van der Waals surface area contributed by atoms with Crippen LogP contribution in [0, 0.1) is 5.41 Å². The Morgan fingerprint density at radius 1 is 1.04 bits per heavy atom. The predicted octanol–water partition coefficient (Wildman–Crippen LogP) is 5.44. The number of nitrogens with one attached hydrogen (secondary N) is 1. The second-order valence-corrected chi connectivity index (χ2v) is 8.70. The van der Waals surface area contributed by atoms with E-state index >= 15 is 0 Å². The van der Waals surface area contributed by atoms with Gasteiger partial charge in [0.05, 0.1) is 5.56 Å². The summed E-state index contributed by atoms with van der Waals surface area (Å²) >= 11 is 0. The molecule has 0 spiro atoms. The third-order valence-electron chi connectivity index (χ3n) is 4.28. The molecule has 2 heterocycles. The molecule has 0 aliphatic rings. The number of aldehydes is 1. The number of imidazole rings is 1. The van der Waals surface area contributed by atoms with E-state index in [1.54, 1.807) is 6.07 Å². The zero-order valence-corrected chi connectivity index (χ0v) is 16.2. The summed E-state index contributed by atoms with van der Waals surface area (Å²) in [6.07, 6.45) is 3.81. The number of pyridine rings is 1. The van der Waals surface area contributed by atoms with Crippen molar-refractivity contribution < 1.29 is 4.79 Å². The quantitative estimate of drug-likeness (QED) is 0.624. The smallest absolute Gasteiger partial charge is 0.153 e. The summed E-state index contributed by atoms with van der Waals surface area (Å²) < 4.78 is 1.98. The highest BCUT2D eigenvalue weighted by Gasteiger charge is 2.28. The van der Waals surface area contributed by atoms with E-state index in [1.807, 2.05) is 47.0 Å². The van der Waals surface area contributed by atoms with Crippen molar-refractivity contribution in [2.24, 2.45) is 5.41 Å². The molecule has 136 valence electrons. The van der Waals surface area contributed by atoms with E-state index in [0.29, 0.717) is 11.2 Å². The second kappa shape index (κ2) is 6.60. The van der Waals surface area contributed by atoms with Gasteiger partial charge in [0, 0.05) is 17.3 Å². The Morgan fingerprint density at radius 2 is 1.73 bits per heavy atom.